The number of methoxy groups -OCH3 is 1. The summed E-state index contributed by atoms with van der Waals surface area (Å²) in [5, 5.41) is 4.18. The second-order valence-electron chi connectivity index (χ2n) is 6.30. The molecule has 0 bridgehead atoms. The maximum Gasteiger partial charge on any atom is 0.270 e. The Labute approximate surface area is 135 Å². The van der Waals surface area contributed by atoms with Gasteiger partial charge in [0, 0.05) is 37.0 Å². The van der Waals surface area contributed by atoms with Gasteiger partial charge in [0.2, 0.25) is 0 Å². The van der Waals surface area contributed by atoms with Gasteiger partial charge in [-0.3, -0.25) is 4.79 Å². The van der Waals surface area contributed by atoms with Crippen LogP contribution in [0.25, 0.3) is 10.9 Å². The van der Waals surface area contributed by atoms with Crippen LogP contribution >= 0.6 is 0 Å². The van der Waals surface area contributed by atoms with Gasteiger partial charge in [-0.1, -0.05) is 24.3 Å². The van der Waals surface area contributed by atoms with E-state index < -0.39 is 0 Å². The largest absolute Gasteiger partial charge is 0.384 e. The van der Waals surface area contributed by atoms with E-state index in [1.165, 1.54) is 0 Å². The molecule has 0 unspecified atom stereocenters. The average molecular weight is 312 g/mol. The van der Waals surface area contributed by atoms with Gasteiger partial charge in [0.1, 0.15) is 5.69 Å². The van der Waals surface area contributed by atoms with Gasteiger partial charge >= 0.3 is 0 Å². The summed E-state index contributed by atoms with van der Waals surface area (Å²) < 4.78 is 11.0. The Hall–Kier alpha value is -1.98. The maximum absolute atomic E-state index is 12.6. The Morgan fingerprint density at radius 3 is 3.09 bits per heavy atom. The van der Waals surface area contributed by atoms with Crippen LogP contribution in [0, 0.1) is 11.8 Å². The molecule has 120 valence electrons. The van der Waals surface area contributed by atoms with Crippen molar-refractivity contribution in [1.82, 2.24) is 10.3 Å². The van der Waals surface area contributed by atoms with Crippen molar-refractivity contribution in [1.29, 1.82) is 0 Å². The summed E-state index contributed by atoms with van der Waals surface area (Å²) in [7, 11) is 1.69. The molecule has 2 heterocycles. The van der Waals surface area contributed by atoms with E-state index in [9.17, 15) is 4.79 Å². The van der Waals surface area contributed by atoms with Gasteiger partial charge in [0.25, 0.3) is 5.91 Å². The number of hydrogen-bond acceptors (Lipinski definition) is 4. The van der Waals surface area contributed by atoms with Crippen molar-refractivity contribution in [3.8, 4) is 0 Å². The minimum atomic E-state index is -0.118. The van der Waals surface area contributed by atoms with Crippen LogP contribution < -0.4 is 5.32 Å². The Kier molecular flexibility index (Phi) is 3.75. The molecule has 1 aliphatic carbocycles. The molecule has 1 N–H and O–H groups in total. The number of para-hydroxylation sites is 1. The van der Waals surface area contributed by atoms with Gasteiger partial charge in [0.05, 0.1) is 18.2 Å². The van der Waals surface area contributed by atoms with Crippen molar-refractivity contribution in [3.63, 3.8) is 0 Å². The predicted octanol–water partition coefficient (Wildman–Crippen LogP) is 2.01. The lowest BCUT2D eigenvalue weighted by Gasteiger charge is -2.47. The number of nitrogens with one attached hydrogen (secondary N) is 1. The van der Waals surface area contributed by atoms with Crippen molar-refractivity contribution in [2.75, 3.05) is 20.3 Å². The van der Waals surface area contributed by atoms with E-state index in [0.717, 1.165) is 23.9 Å². The lowest BCUT2D eigenvalue weighted by Crippen LogP contribution is -2.62. The zero-order chi connectivity index (χ0) is 15.8. The van der Waals surface area contributed by atoms with E-state index in [-0.39, 0.29) is 24.0 Å². The van der Waals surface area contributed by atoms with Crippen molar-refractivity contribution < 1.29 is 14.3 Å². The fraction of sp³-hybridized carbons (Fsp3) is 0.444. The fourth-order valence-corrected chi connectivity index (χ4v) is 3.85. The van der Waals surface area contributed by atoms with Crippen molar-refractivity contribution in [2.24, 2.45) is 11.8 Å². The predicted molar refractivity (Wildman–Crippen MR) is 86.2 cm³/mol. The summed E-state index contributed by atoms with van der Waals surface area (Å²) in [4.78, 5) is 17.0. The molecule has 5 nitrogen and oxygen atoms in total. The van der Waals surface area contributed by atoms with Crippen molar-refractivity contribution >= 4 is 16.8 Å². The number of nitrogens with zero attached hydrogens (tertiary/aromatic N) is 1. The Morgan fingerprint density at radius 2 is 2.22 bits per heavy atom. The highest BCUT2D eigenvalue weighted by Crippen LogP contribution is 2.43. The maximum atomic E-state index is 12.6. The number of carbonyl (C=O) groups is 1. The molecule has 1 saturated carbocycles. The fourth-order valence-electron chi connectivity index (χ4n) is 3.85. The van der Waals surface area contributed by atoms with E-state index in [1.54, 1.807) is 13.2 Å². The Balaban J connectivity index is 1.52. The number of benzene rings is 1. The molecule has 0 spiro atoms. The standard InChI is InChI=1S/C18H20N2O3/c1-22-10-13-16(12-8-9-23-17(12)13)20-18(21)15-7-6-11-4-2-3-5-14(11)19-15/h2-7,12-13,16-17H,8-10H2,1H3,(H,20,21)/t12-,13+,16+,17-/m1/s1. The van der Waals surface area contributed by atoms with Crippen molar-refractivity contribution in [3.05, 3.63) is 42.1 Å². The highest BCUT2D eigenvalue weighted by atomic mass is 16.5. The second-order valence-corrected chi connectivity index (χ2v) is 6.30. The molecule has 1 aliphatic heterocycles. The zero-order valence-electron chi connectivity index (χ0n) is 13.1. The summed E-state index contributed by atoms with van der Waals surface area (Å²) in [5.41, 5.74) is 1.30. The van der Waals surface area contributed by atoms with Crippen LogP contribution in [-0.2, 0) is 9.47 Å². The summed E-state index contributed by atoms with van der Waals surface area (Å²) in [6, 6.07) is 11.6. The molecule has 5 heteroatoms. The lowest BCUT2D eigenvalue weighted by molar-refractivity contribution is -0.0810. The molecule has 4 atom stereocenters. The Morgan fingerprint density at radius 1 is 1.35 bits per heavy atom. The normalized spacial score (nSPS) is 29.1. The first kappa shape index (κ1) is 14.6. The number of carbonyl (C=O) groups excluding carboxylic acids is 1. The van der Waals surface area contributed by atoms with Gasteiger partial charge in [-0.25, -0.2) is 4.98 Å². The van der Waals surface area contributed by atoms with E-state index >= 15 is 0 Å². The van der Waals surface area contributed by atoms with E-state index in [2.05, 4.69) is 10.3 Å². The van der Waals surface area contributed by atoms with Crippen molar-refractivity contribution in [2.45, 2.75) is 18.6 Å². The Bertz CT molecular complexity index is 733. The van der Waals surface area contributed by atoms with Gasteiger partial charge < -0.3 is 14.8 Å². The summed E-state index contributed by atoms with van der Waals surface area (Å²) in [6.45, 7) is 1.38. The second kappa shape index (κ2) is 5.91. The van der Waals surface area contributed by atoms with E-state index in [4.69, 9.17) is 9.47 Å². The number of rotatable bonds is 4. The number of hydrogen-bond donors (Lipinski definition) is 1. The first-order valence-corrected chi connectivity index (χ1v) is 8.05. The number of ether oxygens (including phenoxy) is 2. The summed E-state index contributed by atoms with van der Waals surface area (Å²) in [5.74, 6) is 0.517. The van der Waals surface area contributed by atoms with Crippen LogP contribution in [0.3, 0.4) is 0 Å². The van der Waals surface area contributed by atoms with Gasteiger partial charge in [0.15, 0.2) is 0 Å². The number of amides is 1. The third-order valence-corrected chi connectivity index (χ3v) is 5.02. The molecule has 1 amide bonds. The molecule has 2 aliphatic rings. The quantitative estimate of drug-likeness (QED) is 0.938. The zero-order valence-corrected chi connectivity index (χ0v) is 13.1. The first-order chi connectivity index (χ1) is 11.3. The van der Waals surface area contributed by atoms with Gasteiger partial charge in [-0.2, -0.15) is 0 Å². The molecule has 2 fully saturated rings. The lowest BCUT2D eigenvalue weighted by atomic mass is 9.67. The van der Waals surface area contributed by atoms with Crippen LogP contribution in [0.4, 0.5) is 0 Å². The SMILES string of the molecule is COC[C@H]1[C@@H](NC(=O)c2ccc3ccccc3n2)[C@H]2CCO[C@H]21. The molecule has 1 aromatic carbocycles. The highest BCUT2D eigenvalue weighted by molar-refractivity contribution is 5.95. The van der Waals surface area contributed by atoms with E-state index in [1.807, 2.05) is 30.3 Å². The van der Waals surface area contributed by atoms with Gasteiger partial charge in [-0.15, -0.1) is 0 Å². The van der Waals surface area contributed by atoms with E-state index in [0.29, 0.717) is 18.2 Å². The van der Waals surface area contributed by atoms with Crippen LogP contribution in [0.1, 0.15) is 16.9 Å². The first-order valence-electron chi connectivity index (χ1n) is 8.05. The molecule has 23 heavy (non-hydrogen) atoms. The van der Waals surface area contributed by atoms with Crippen LogP contribution in [0.15, 0.2) is 36.4 Å². The topological polar surface area (TPSA) is 60.5 Å². The molecule has 4 rings (SSSR count). The number of fused-ring (bicyclic) bond motifs is 2. The van der Waals surface area contributed by atoms with Gasteiger partial charge in [-0.05, 0) is 18.6 Å². The smallest absolute Gasteiger partial charge is 0.270 e. The molecule has 0 radical (unpaired) electrons. The number of aromatic nitrogens is 1. The third-order valence-electron chi connectivity index (χ3n) is 5.02. The molecule has 2 aromatic rings. The third kappa shape index (κ3) is 2.50. The monoisotopic (exact) mass is 312 g/mol. The van der Waals surface area contributed by atoms with Crippen LogP contribution in [0.2, 0.25) is 0 Å². The minimum Gasteiger partial charge on any atom is -0.384 e. The highest BCUT2D eigenvalue weighted by Gasteiger charge is 2.54. The minimum absolute atomic E-state index is 0.114. The molecule has 1 aromatic heterocycles. The van der Waals surface area contributed by atoms with Crippen LogP contribution in [-0.4, -0.2) is 43.4 Å². The summed E-state index contributed by atoms with van der Waals surface area (Å²) in [6.07, 6.45) is 1.23. The number of pyridine rings is 1. The molecular formula is C18H20N2O3. The summed E-state index contributed by atoms with van der Waals surface area (Å²) >= 11 is 0. The average Bonchev–Trinajstić information content (AvgIpc) is 3.01. The molecular weight excluding hydrogens is 292 g/mol. The molecule has 1 saturated heterocycles. The van der Waals surface area contributed by atoms with Crippen LogP contribution in [0.5, 0.6) is 0 Å².